The number of nitrogens with one attached hydrogen (secondary N) is 1. The first-order valence-corrected chi connectivity index (χ1v) is 7.26. The van der Waals surface area contributed by atoms with Gasteiger partial charge in [-0.2, -0.15) is 14.7 Å². The van der Waals surface area contributed by atoms with Gasteiger partial charge in [-0.15, -0.1) is 11.8 Å². The molecule has 0 aliphatic carbocycles. The van der Waals surface area contributed by atoms with Crippen molar-refractivity contribution in [2.24, 2.45) is 5.10 Å². The molecule has 0 bridgehead atoms. The predicted molar refractivity (Wildman–Crippen MR) is 77.9 cm³/mol. The number of aromatic hydroxyl groups is 1. The minimum Gasteiger partial charge on any atom is -0.508 e. The molecule has 1 aromatic carbocycles. The highest BCUT2D eigenvalue weighted by atomic mass is 32.2. The van der Waals surface area contributed by atoms with Crippen LogP contribution in [0.15, 0.2) is 34.4 Å². The number of phenols is 1. The fraction of sp³-hybridized carbons (Fsp3) is 0.0833. The van der Waals surface area contributed by atoms with Gasteiger partial charge in [-0.3, -0.25) is 5.43 Å². The minimum absolute atomic E-state index is 0.212. The standard InChI is InChI=1S/C12H10N4OS2/c1-18-12-10(6-13)11(19-16-12)15-14-7-8-2-4-9(17)5-3-8/h2-5,7,15,17H,1H3/b14-7+. The van der Waals surface area contributed by atoms with Crippen LogP contribution in [0.4, 0.5) is 5.00 Å². The molecule has 0 aliphatic heterocycles. The molecule has 0 saturated carbocycles. The van der Waals surface area contributed by atoms with Crippen LogP contribution in [0.25, 0.3) is 0 Å². The zero-order valence-electron chi connectivity index (χ0n) is 9.99. The second-order valence-electron chi connectivity index (χ2n) is 3.47. The Balaban J connectivity index is 2.08. The van der Waals surface area contributed by atoms with Gasteiger partial charge in [0.1, 0.15) is 27.4 Å². The fourth-order valence-corrected chi connectivity index (χ4v) is 2.73. The molecule has 0 atom stereocenters. The highest BCUT2D eigenvalue weighted by Crippen LogP contribution is 2.29. The van der Waals surface area contributed by atoms with E-state index in [1.54, 1.807) is 30.5 Å². The molecule has 0 radical (unpaired) electrons. The maximum absolute atomic E-state index is 9.15. The SMILES string of the molecule is CSc1nsc(N/N=C/c2ccc(O)cc2)c1C#N. The Morgan fingerprint density at radius 2 is 2.21 bits per heavy atom. The monoisotopic (exact) mass is 290 g/mol. The van der Waals surface area contributed by atoms with E-state index in [1.807, 2.05) is 6.26 Å². The van der Waals surface area contributed by atoms with E-state index < -0.39 is 0 Å². The van der Waals surface area contributed by atoms with E-state index in [1.165, 1.54) is 23.3 Å². The molecule has 5 nitrogen and oxygen atoms in total. The van der Waals surface area contributed by atoms with E-state index in [-0.39, 0.29) is 5.75 Å². The van der Waals surface area contributed by atoms with E-state index in [0.29, 0.717) is 15.6 Å². The topological polar surface area (TPSA) is 81.3 Å². The fourth-order valence-electron chi connectivity index (χ4n) is 1.32. The number of nitrogens with zero attached hydrogens (tertiary/aromatic N) is 3. The Bertz CT molecular complexity index is 628. The molecule has 1 aromatic heterocycles. The number of aromatic nitrogens is 1. The molecule has 0 spiro atoms. The van der Waals surface area contributed by atoms with Crippen LogP contribution in [0.3, 0.4) is 0 Å². The first-order valence-electron chi connectivity index (χ1n) is 5.26. The lowest BCUT2D eigenvalue weighted by Gasteiger charge is -1.96. The average molecular weight is 290 g/mol. The number of hydrazone groups is 1. The normalized spacial score (nSPS) is 10.5. The first kappa shape index (κ1) is 13.4. The van der Waals surface area contributed by atoms with Crippen LogP contribution in [0, 0.1) is 11.3 Å². The molecule has 0 saturated heterocycles. The highest BCUT2D eigenvalue weighted by molar-refractivity contribution is 7.98. The highest BCUT2D eigenvalue weighted by Gasteiger charge is 2.11. The maximum atomic E-state index is 9.15. The molecule has 2 aromatic rings. The van der Waals surface area contributed by atoms with Crippen molar-refractivity contribution in [3.8, 4) is 11.8 Å². The van der Waals surface area contributed by atoms with Crippen molar-refractivity contribution in [2.45, 2.75) is 5.03 Å². The smallest absolute Gasteiger partial charge is 0.148 e. The number of thioether (sulfide) groups is 1. The van der Waals surface area contributed by atoms with Gasteiger partial charge in [0.25, 0.3) is 0 Å². The van der Waals surface area contributed by atoms with Gasteiger partial charge >= 0.3 is 0 Å². The van der Waals surface area contributed by atoms with E-state index in [2.05, 4.69) is 21.0 Å². The van der Waals surface area contributed by atoms with Crippen molar-refractivity contribution < 1.29 is 5.11 Å². The second kappa shape index (κ2) is 6.22. The Labute approximate surface area is 118 Å². The van der Waals surface area contributed by atoms with Crippen LogP contribution in [0.2, 0.25) is 0 Å². The lowest BCUT2D eigenvalue weighted by molar-refractivity contribution is 0.475. The second-order valence-corrected chi connectivity index (χ2v) is 5.04. The molecule has 2 rings (SSSR count). The quantitative estimate of drug-likeness (QED) is 0.514. The lowest BCUT2D eigenvalue weighted by Crippen LogP contribution is -1.90. The summed E-state index contributed by atoms with van der Waals surface area (Å²) in [6.07, 6.45) is 3.48. The van der Waals surface area contributed by atoms with E-state index in [9.17, 15) is 0 Å². The Kier molecular flexibility index (Phi) is 4.39. The predicted octanol–water partition coefficient (Wildman–Crippen LogP) is 2.89. The van der Waals surface area contributed by atoms with Crippen LogP contribution in [-0.2, 0) is 0 Å². The van der Waals surface area contributed by atoms with Crippen molar-refractivity contribution in [1.82, 2.24) is 4.37 Å². The van der Waals surface area contributed by atoms with Crippen LogP contribution >= 0.6 is 23.3 Å². The zero-order chi connectivity index (χ0) is 13.7. The third-order valence-corrected chi connectivity index (χ3v) is 3.79. The van der Waals surface area contributed by atoms with Gasteiger partial charge in [0, 0.05) is 0 Å². The number of phenolic OH excluding ortho intramolecular Hbond substituents is 1. The number of nitriles is 1. The molecular formula is C12H10N4OS2. The Morgan fingerprint density at radius 3 is 2.84 bits per heavy atom. The number of hydrogen-bond donors (Lipinski definition) is 2. The summed E-state index contributed by atoms with van der Waals surface area (Å²) in [7, 11) is 0. The summed E-state index contributed by atoms with van der Waals surface area (Å²) < 4.78 is 4.16. The number of rotatable bonds is 4. The summed E-state index contributed by atoms with van der Waals surface area (Å²) in [6.45, 7) is 0. The van der Waals surface area contributed by atoms with Gasteiger partial charge in [-0.05, 0) is 47.6 Å². The number of benzene rings is 1. The van der Waals surface area contributed by atoms with E-state index >= 15 is 0 Å². The Hall–Kier alpha value is -2.04. The first-order chi connectivity index (χ1) is 9.24. The van der Waals surface area contributed by atoms with Crippen LogP contribution < -0.4 is 5.43 Å². The maximum Gasteiger partial charge on any atom is 0.148 e. The van der Waals surface area contributed by atoms with Crippen molar-refractivity contribution in [1.29, 1.82) is 5.26 Å². The molecule has 96 valence electrons. The summed E-state index contributed by atoms with van der Waals surface area (Å²) in [6, 6.07) is 8.76. The third-order valence-electron chi connectivity index (χ3n) is 2.24. The van der Waals surface area contributed by atoms with Crippen molar-refractivity contribution in [3.05, 3.63) is 35.4 Å². The summed E-state index contributed by atoms with van der Waals surface area (Å²) in [4.78, 5) is 0. The summed E-state index contributed by atoms with van der Waals surface area (Å²) >= 11 is 2.63. The largest absolute Gasteiger partial charge is 0.508 e. The third kappa shape index (κ3) is 3.24. The van der Waals surface area contributed by atoms with Crippen molar-refractivity contribution >= 4 is 34.5 Å². The summed E-state index contributed by atoms with van der Waals surface area (Å²) in [5.74, 6) is 0.212. The molecule has 7 heteroatoms. The van der Waals surface area contributed by atoms with Gasteiger partial charge in [0.15, 0.2) is 0 Å². The van der Waals surface area contributed by atoms with E-state index in [4.69, 9.17) is 10.4 Å². The lowest BCUT2D eigenvalue weighted by atomic mass is 10.2. The molecule has 0 aliphatic rings. The molecule has 19 heavy (non-hydrogen) atoms. The van der Waals surface area contributed by atoms with Gasteiger partial charge in [-0.25, -0.2) is 0 Å². The van der Waals surface area contributed by atoms with Gasteiger partial charge in [-0.1, -0.05) is 0 Å². The number of anilines is 1. The molecule has 0 amide bonds. The summed E-state index contributed by atoms with van der Waals surface area (Å²) in [5, 5.41) is 23.6. The minimum atomic E-state index is 0.212. The number of hydrogen-bond acceptors (Lipinski definition) is 7. The average Bonchev–Trinajstić information content (AvgIpc) is 2.83. The summed E-state index contributed by atoms with van der Waals surface area (Å²) in [5.41, 5.74) is 4.17. The van der Waals surface area contributed by atoms with Gasteiger partial charge < -0.3 is 5.11 Å². The zero-order valence-corrected chi connectivity index (χ0v) is 11.6. The van der Waals surface area contributed by atoms with Gasteiger partial charge in [0.2, 0.25) is 0 Å². The van der Waals surface area contributed by atoms with Crippen LogP contribution in [-0.4, -0.2) is 22.0 Å². The van der Waals surface area contributed by atoms with Crippen LogP contribution in [0.1, 0.15) is 11.1 Å². The Morgan fingerprint density at radius 1 is 1.47 bits per heavy atom. The van der Waals surface area contributed by atoms with Crippen LogP contribution in [0.5, 0.6) is 5.75 Å². The molecule has 2 N–H and O–H groups in total. The van der Waals surface area contributed by atoms with E-state index in [0.717, 1.165) is 5.56 Å². The van der Waals surface area contributed by atoms with Crippen molar-refractivity contribution in [2.75, 3.05) is 11.7 Å². The molecule has 0 fully saturated rings. The molecular weight excluding hydrogens is 280 g/mol. The van der Waals surface area contributed by atoms with Gasteiger partial charge in [0.05, 0.1) is 6.21 Å². The molecule has 1 heterocycles. The molecule has 0 unspecified atom stereocenters. The van der Waals surface area contributed by atoms with Crippen molar-refractivity contribution in [3.63, 3.8) is 0 Å².